The van der Waals surface area contributed by atoms with Gasteiger partial charge in [0.05, 0.1) is 30.1 Å². The van der Waals surface area contributed by atoms with E-state index in [1.165, 1.54) is 48.1 Å². The zero-order valence-electron chi connectivity index (χ0n) is 27.3. The Morgan fingerprint density at radius 1 is 1.15 bits per heavy atom. The first-order chi connectivity index (χ1) is 24.6. The molecule has 15 nitrogen and oxygen atoms in total. The zero-order valence-corrected chi connectivity index (χ0v) is 30.6. The molecule has 6 rings (SSSR count). The van der Waals surface area contributed by atoms with Crippen molar-refractivity contribution in [2.24, 2.45) is 11.1 Å². The molecular weight excluding hydrogens is 759 g/mol. The van der Waals surface area contributed by atoms with E-state index in [0.29, 0.717) is 27.8 Å². The molecule has 5 N–H and O–H groups in total. The third kappa shape index (κ3) is 9.49. The van der Waals surface area contributed by atoms with Crippen LogP contribution >= 0.6 is 30.8 Å². The molecule has 0 fully saturated rings. The van der Waals surface area contributed by atoms with Crippen molar-refractivity contribution in [3.63, 3.8) is 0 Å². The summed E-state index contributed by atoms with van der Waals surface area (Å²) in [5.74, 6) is -1.61. The van der Waals surface area contributed by atoms with Crippen LogP contribution in [0.5, 0.6) is 5.75 Å². The number of phosphoric ester groups is 1. The molecule has 3 atom stereocenters. The van der Waals surface area contributed by atoms with E-state index < -0.39 is 42.7 Å². The summed E-state index contributed by atoms with van der Waals surface area (Å²) in [6, 6.07) is 13.0. The summed E-state index contributed by atoms with van der Waals surface area (Å²) in [6.07, 6.45) is 3.57. The van der Waals surface area contributed by atoms with E-state index in [1.807, 2.05) is 31.2 Å². The molecule has 1 aliphatic carbocycles. The molecule has 19 heteroatoms. The van der Waals surface area contributed by atoms with Gasteiger partial charge in [-0.1, -0.05) is 29.8 Å². The number of anilines is 1. The maximum atomic E-state index is 13.9. The molecular formula is C33H32ClN4O11PS2. The Kier molecular flexibility index (Phi) is 11.3. The number of nitrogens with one attached hydrogen (secondary N) is 1. The van der Waals surface area contributed by atoms with Gasteiger partial charge >= 0.3 is 24.1 Å². The third-order valence-electron chi connectivity index (χ3n) is 8.27. The molecule has 0 bridgehead atoms. The molecule has 3 heterocycles. The Balaban J connectivity index is 1.19. The number of ether oxygens (including phenoxy) is 2. The molecule has 0 saturated carbocycles. The summed E-state index contributed by atoms with van der Waals surface area (Å²) in [7, 11) is -9.07. The van der Waals surface area contributed by atoms with Gasteiger partial charge in [-0.05, 0) is 78.4 Å². The number of carbonyl (C=O) groups excluding carboxylic acids is 2. The summed E-state index contributed by atoms with van der Waals surface area (Å²) >= 11 is 7.62. The lowest BCUT2D eigenvalue weighted by atomic mass is 9.93. The number of thiophene rings is 1. The maximum absolute atomic E-state index is 13.9. The van der Waals surface area contributed by atoms with Crippen LogP contribution in [0.2, 0.25) is 5.02 Å². The number of halogens is 1. The lowest BCUT2D eigenvalue weighted by molar-refractivity contribution is -0.148. The van der Waals surface area contributed by atoms with E-state index in [1.54, 1.807) is 6.08 Å². The highest BCUT2D eigenvalue weighted by atomic mass is 35.5. The summed E-state index contributed by atoms with van der Waals surface area (Å²) in [6.45, 7) is 2.04. The molecule has 0 unspecified atom stereocenters. The molecule has 0 spiro atoms. The number of nitrogens with two attached hydrogens (primary N) is 1. The van der Waals surface area contributed by atoms with Crippen molar-refractivity contribution in [1.29, 1.82) is 0 Å². The minimum absolute atomic E-state index is 0.0910. The highest BCUT2D eigenvalue weighted by Gasteiger charge is 2.34. The standard InChI is InChI=1S/C33H32ClN4O11PS2/c1-18-25(32-26-12-22(34)5-4-20(26)8-9-46-32)14-29(51-18)31(40)27-15-36-17-37-33(27)38-23-11-21(16-47-52(35,44)45)28(13-23)48-30(39)10-19-2-6-24(7-3-19)49-50(41,42)43/h2-7,12-15,17,21,28,32H,8-11,16H2,1H3,(H2,35,44,45)(H,36,37,38)(H2,41,42,43)/t21-,28+,32+/m1/s1. The first kappa shape index (κ1) is 37.7. The van der Waals surface area contributed by atoms with Crippen LogP contribution in [0.3, 0.4) is 0 Å². The summed E-state index contributed by atoms with van der Waals surface area (Å²) < 4.78 is 55.4. The monoisotopic (exact) mass is 790 g/mol. The van der Waals surface area contributed by atoms with Crippen molar-refractivity contribution in [2.45, 2.75) is 38.4 Å². The fourth-order valence-electron chi connectivity index (χ4n) is 5.95. The molecule has 0 saturated heterocycles. The maximum Gasteiger partial charge on any atom is 0.524 e. The predicted molar refractivity (Wildman–Crippen MR) is 189 cm³/mol. The van der Waals surface area contributed by atoms with Crippen LogP contribution in [0.1, 0.15) is 54.9 Å². The normalized spacial score (nSPS) is 18.7. The summed E-state index contributed by atoms with van der Waals surface area (Å²) in [4.78, 5) is 54.5. The minimum Gasteiger partial charge on any atom is -0.457 e. The molecule has 4 aromatic rings. The fraction of sp³-hybridized carbons (Fsp3) is 0.273. The van der Waals surface area contributed by atoms with Crippen LogP contribution in [-0.4, -0.2) is 59.2 Å². The van der Waals surface area contributed by atoms with Gasteiger partial charge in [0, 0.05) is 27.7 Å². The second-order valence-electron chi connectivity index (χ2n) is 12.0. The molecule has 2 aromatic carbocycles. The van der Waals surface area contributed by atoms with Gasteiger partial charge in [-0.2, -0.15) is 8.42 Å². The number of aromatic nitrogens is 2. The van der Waals surface area contributed by atoms with Crippen molar-refractivity contribution in [2.75, 3.05) is 18.5 Å². The van der Waals surface area contributed by atoms with Crippen LogP contribution in [0.15, 0.2) is 72.8 Å². The van der Waals surface area contributed by atoms with Gasteiger partial charge in [0.25, 0.3) is 0 Å². The third-order valence-corrected chi connectivity index (χ3v) is 10.5. The molecule has 52 heavy (non-hydrogen) atoms. The van der Waals surface area contributed by atoms with E-state index in [9.17, 15) is 22.6 Å². The Hall–Kier alpha value is -4.03. The molecule has 0 amide bonds. The lowest BCUT2D eigenvalue weighted by Gasteiger charge is -2.26. The van der Waals surface area contributed by atoms with Crippen LogP contribution in [-0.2, 0) is 46.2 Å². The van der Waals surface area contributed by atoms with Crippen molar-refractivity contribution < 1.29 is 50.5 Å². The first-order valence-corrected chi connectivity index (χ1v) is 19.8. The number of hydrogen-bond donors (Lipinski definition) is 4. The van der Waals surface area contributed by atoms with E-state index in [4.69, 9.17) is 40.2 Å². The molecule has 0 radical (unpaired) electrons. The molecule has 274 valence electrons. The molecule has 1 aliphatic heterocycles. The van der Waals surface area contributed by atoms with Gasteiger partial charge in [0.1, 0.15) is 30.1 Å². The molecule has 2 aromatic heterocycles. The minimum atomic E-state index is -4.75. The number of esters is 1. The number of allylic oxidation sites excluding steroid dienone is 1. The fourth-order valence-corrected chi connectivity index (χ4v) is 7.89. The van der Waals surface area contributed by atoms with E-state index in [-0.39, 0.29) is 41.9 Å². The van der Waals surface area contributed by atoms with Gasteiger partial charge in [-0.3, -0.25) is 23.6 Å². The van der Waals surface area contributed by atoms with Crippen molar-refractivity contribution in [3.05, 3.63) is 115 Å². The number of carbonyl (C=O) groups is 2. The van der Waals surface area contributed by atoms with Gasteiger partial charge in [-0.15, -0.1) is 11.3 Å². The highest BCUT2D eigenvalue weighted by Crippen LogP contribution is 2.40. The second kappa shape index (κ2) is 15.5. The average molecular weight is 791 g/mol. The number of aryl methyl sites for hydroxylation is 1. The number of benzene rings is 2. The number of fused-ring (bicyclic) bond motifs is 1. The lowest BCUT2D eigenvalue weighted by Crippen LogP contribution is -2.29. The number of hydrogen-bond acceptors (Lipinski definition) is 13. The van der Waals surface area contributed by atoms with Crippen LogP contribution in [0, 0.1) is 12.8 Å². The number of nitrogens with zero attached hydrogens (tertiary/aromatic N) is 2. The Labute approximate surface area is 307 Å². The number of ketones is 1. The van der Waals surface area contributed by atoms with Crippen molar-refractivity contribution >= 4 is 58.6 Å². The van der Waals surface area contributed by atoms with E-state index >= 15 is 0 Å². The smallest absolute Gasteiger partial charge is 0.457 e. The van der Waals surface area contributed by atoms with E-state index in [2.05, 4.69) is 19.8 Å². The zero-order chi connectivity index (χ0) is 37.2. The SMILES string of the molecule is Cc1sc(C(=O)c2cncnc2NC2=C[C@H](OC(=O)Cc3ccc(OP(=O)(O)O)cc3)[C@@H](COS(N)(=O)=O)C2)cc1[C@@H]1OCCc2ccc(Cl)cc21. The van der Waals surface area contributed by atoms with Crippen LogP contribution in [0.4, 0.5) is 5.82 Å². The van der Waals surface area contributed by atoms with Crippen molar-refractivity contribution in [3.8, 4) is 5.75 Å². The Morgan fingerprint density at radius 2 is 1.92 bits per heavy atom. The van der Waals surface area contributed by atoms with E-state index in [0.717, 1.165) is 28.0 Å². The van der Waals surface area contributed by atoms with Gasteiger partial charge in [0.15, 0.2) is 0 Å². The van der Waals surface area contributed by atoms with Crippen LogP contribution in [0.25, 0.3) is 0 Å². The second-order valence-corrected chi connectivity index (χ2v) is 16.1. The molecule has 2 aliphatic rings. The Morgan fingerprint density at radius 3 is 2.65 bits per heavy atom. The quantitative estimate of drug-likeness (QED) is 0.0828. The number of phosphoric acid groups is 1. The summed E-state index contributed by atoms with van der Waals surface area (Å²) in [5.41, 5.74) is 4.05. The number of rotatable bonds is 13. The van der Waals surface area contributed by atoms with Crippen molar-refractivity contribution in [1.82, 2.24) is 9.97 Å². The predicted octanol–water partition coefficient (Wildman–Crippen LogP) is 4.55. The topological polar surface area (TPSA) is 227 Å². The first-order valence-electron chi connectivity index (χ1n) is 15.7. The van der Waals surface area contributed by atoms with Gasteiger partial charge in [0.2, 0.25) is 5.78 Å². The highest BCUT2D eigenvalue weighted by molar-refractivity contribution is 7.84. The van der Waals surface area contributed by atoms with Gasteiger partial charge in [-0.25, -0.2) is 19.7 Å². The van der Waals surface area contributed by atoms with Gasteiger partial charge < -0.3 is 19.3 Å². The largest absolute Gasteiger partial charge is 0.524 e. The average Bonchev–Trinajstić information content (AvgIpc) is 3.65. The summed E-state index contributed by atoms with van der Waals surface area (Å²) in [5, 5.41) is 8.76. The van der Waals surface area contributed by atoms with Crippen LogP contribution < -0.4 is 15.0 Å². The Bertz CT molecular complexity index is 2190.